The molecule has 0 aliphatic carbocycles. The van der Waals surface area contributed by atoms with Gasteiger partial charge in [0, 0.05) is 31.7 Å². The number of nitrogens with zero attached hydrogens (tertiary/aromatic N) is 1. The van der Waals surface area contributed by atoms with Gasteiger partial charge < -0.3 is 9.73 Å². The first-order valence-electron chi connectivity index (χ1n) is 17.0. The molecule has 50 heavy (non-hydrogen) atoms. The average molecular weight is 657 g/mol. The zero-order valence-electron chi connectivity index (χ0n) is 26.9. The van der Waals surface area contributed by atoms with E-state index in [0.29, 0.717) is 0 Å². The van der Waals surface area contributed by atoms with Gasteiger partial charge in [-0.1, -0.05) is 133 Å². The largest absolute Gasteiger partial charge is 0.456 e. The van der Waals surface area contributed by atoms with Gasteiger partial charge in [-0.25, -0.2) is 4.99 Å². The van der Waals surface area contributed by atoms with E-state index in [0.717, 1.165) is 50.2 Å². The molecule has 2 aliphatic heterocycles. The Balaban J connectivity index is 1.09. The number of furan rings is 1. The van der Waals surface area contributed by atoms with Crippen LogP contribution in [0.4, 0.5) is 0 Å². The number of amidine groups is 1. The van der Waals surface area contributed by atoms with Crippen LogP contribution in [0.1, 0.15) is 22.7 Å². The van der Waals surface area contributed by atoms with E-state index in [1.54, 1.807) is 0 Å². The van der Waals surface area contributed by atoms with Crippen molar-refractivity contribution in [2.45, 2.75) is 10.9 Å². The van der Waals surface area contributed by atoms with Crippen molar-refractivity contribution in [1.29, 1.82) is 0 Å². The molecule has 2 aliphatic rings. The Morgan fingerprint density at radius 1 is 0.520 bits per heavy atom. The number of aliphatic imine (C=N–C) groups is 1. The number of fused-ring (bicyclic) bond motifs is 10. The summed E-state index contributed by atoms with van der Waals surface area (Å²) in [5.41, 5.74) is 8.53. The zero-order chi connectivity index (χ0) is 32.8. The van der Waals surface area contributed by atoms with Crippen molar-refractivity contribution >= 4 is 77.6 Å². The van der Waals surface area contributed by atoms with Gasteiger partial charge in [0.15, 0.2) is 0 Å². The predicted molar refractivity (Wildman–Crippen MR) is 210 cm³/mol. The first-order chi connectivity index (χ1) is 24.8. The number of nitrogens with one attached hydrogen (secondary N) is 1. The normalized spacial score (nSPS) is 15.5. The molecule has 234 valence electrons. The van der Waals surface area contributed by atoms with E-state index in [1.165, 1.54) is 53.2 Å². The molecule has 1 atom stereocenters. The molecule has 0 saturated carbocycles. The monoisotopic (exact) mass is 656 g/mol. The van der Waals surface area contributed by atoms with Gasteiger partial charge >= 0.3 is 0 Å². The zero-order valence-corrected chi connectivity index (χ0v) is 27.7. The minimum atomic E-state index is 0.0198. The number of hydrogen-bond acceptors (Lipinski definition) is 4. The number of rotatable bonds is 3. The summed E-state index contributed by atoms with van der Waals surface area (Å²) in [5, 5.41) is 13.5. The van der Waals surface area contributed by atoms with Crippen LogP contribution in [0.25, 0.3) is 71.1 Å². The lowest BCUT2D eigenvalue weighted by Crippen LogP contribution is -2.32. The highest BCUT2D eigenvalue weighted by molar-refractivity contribution is 8.03. The predicted octanol–water partition coefficient (Wildman–Crippen LogP) is 12.3. The van der Waals surface area contributed by atoms with Crippen molar-refractivity contribution in [3.8, 4) is 11.1 Å². The van der Waals surface area contributed by atoms with Crippen molar-refractivity contribution in [3.05, 3.63) is 179 Å². The van der Waals surface area contributed by atoms with E-state index >= 15 is 0 Å². The van der Waals surface area contributed by atoms with Crippen LogP contribution in [0.15, 0.2) is 177 Å². The summed E-state index contributed by atoms with van der Waals surface area (Å²) in [4.78, 5) is 7.95. The Hall–Kier alpha value is -6.10. The summed E-state index contributed by atoms with van der Waals surface area (Å²) in [5.74, 6) is 0.858. The molecule has 3 heterocycles. The van der Waals surface area contributed by atoms with Gasteiger partial charge in [-0.3, -0.25) is 0 Å². The van der Waals surface area contributed by atoms with Crippen LogP contribution in [0.2, 0.25) is 0 Å². The van der Waals surface area contributed by atoms with Crippen LogP contribution in [0.5, 0.6) is 0 Å². The molecule has 0 amide bonds. The quantitative estimate of drug-likeness (QED) is 0.192. The summed E-state index contributed by atoms with van der Waals surface area (Å²) in [6.45, 7) is 0. The summed E-state index contributed by atoms with van der Waals surface area (Å²) < 4.78 is 6.65. The highest BCUT2D eigenvalue weighted by Crippen LogP contribution is 2.52. The van der Waals surface area contributed by atoms with E-state index in [9.17, 15) is 0 Å². The molecule has 1 unspecified atom stereocenters. The fraction of sp³-hybridized carbons (Fsp3) is 0.0217. The van der Waals surface area contributed by atoms with E-state index in [4.69, 9.17) is 9.41 Å². The Kier molecular flexibility index (Phi) is 5.95. The lowest BCUT2D eigenvalue weighted by atomic mass is 9.92. The molecule has 0 spiro atoms. The number of benzene rings is 8. The van der Waals surface area contributed by atoms with Crippen LogP contribution >= 0.6 is 11.8 Å². The Morgan fingerprint density at radius 2 is 1.28 bits per heavy atom. The first-order valence-corrected chi connectivity index (χ1v) is 17.8. The molecular formula is C46H28N2OS. The molecule has 1 N–H and O–H groups in total. The highest BCUT2D eigenvalue weighted by Gasteiger charge is 2.35. The third-order valence-corrected chi connectivity index (χ3v) is 11.5. The average Bonchev–Trinajstić information content (AvgIpc) is 3.75. The van der Waals surface area contributed by atoms with Gasteiger partial charge in [-0.15, -0.1) is 0 Å². The second kappa shape index (κ2) is 10.7. The Morgan fingerprint density at radius 3 is 2.20 bits per heavy atom. The minimum absolute atomic E-state index is 0.0198. The fourth-order valence-electron chi connectivity index (χ4n) is 7.96. The lowest BCUT2D eigenvalue weighted by Gasteiger charge is -2.26. The molecule has 11 rings (SSSR count). The molecule has 8 aromatic carbocycles. The van der Waals surface area contributed by atoms with Gasteiger partial charge in [0.1, 0.15) is 17.0 Å². The number of thioether (sulfide) groups is 1. The van der Waals surface area contributed by atoms with E-state index in [2.05, 4.69) is 163 Å². The Labute approximate surface area is 292 Å². The molecule has 3 nitrogen and oxygen atoms in total. The third kappa shape index (κ3) is 4.15. The summed E-state index contributed by atoms with van der Waals surface area (Å²) >= 11 is 1.83. The summed E-state index contributed by atoms with van der Waals surface area (Å²) in [6, 6.07) is 56.5. The van der Waals surface area contributed by atoms with E-state index in [-0.39, 0.29) is 6.04 Å². The van der Waals surface area contributed by atoms with Crippen molar-refractivity contribution in [2.24, 2.45) is 4.99 Å². The highest BCUT2D eigenvalue weighted by atomic mass is 32.2. The SMILES string of the molecule is c1ccc2c(c1)SC1=C(c3ccc4ccccc4c3)N=C(c3cccc4oc5cc(-c6cc7ccccc7c7ccccc67)ccc5c34)NC12. The van der Waals surface area contributed by atoms with Crippen LogP contribution in [-0.4, -0.2) is 5.84 Å². The molecule has 0 bridgehead atoms. The first kappa shape index (κ1) is 27.8. The fourth-order valence-corrected chi connectivity index (χ4v) is 9.21. The second-order valence-corrected chi connectivity index (χ2v) is 14.2. The maximum atomic E-state index is 6.65. The van der Waals surface area contributed by atoms with Crippen molar-refractivity contribution in [2.75, 3.05) is 0 Å². The van der Waals surface area contributed by atoms with Crippen molar-refractivity contribution < 1.29 is 4.42 Å². The molecule has 4 heteroatoms. The third-order valence-electron chi connectivity index (χ3n) is 10.3. The second-order valence-electron chi connectivity index (χ2n) is 13.1. The van der Waals surface area contributed by atoms with Gasteiger partial charge in [0.25, 0.3) is 0 Å². The minimum Gasteiger partial charge on any atom is -0.456 e. The van der Waals surface area contributed by atoms with Crippen LogP contribution in [0.3, 0.4) is 0 Å². The van der Waals surface area contributed by atoms with Gasteiger partial charge in [0.05, 0.1) is 11.7 Å². The maximum Gasteiger partial charge on any atom is 0.136 e. The standard InChI is InChI=1S/C46H28N2OS/c1-2-11-28-24-31(21-20-27(28)10-1)43-45-44(36-16-7-8-19-41(36)50-45)48-46(47-43)37-17-9-18-39-42(37)35-23-22-30(26-40(35)49-39)38-25-29-12-3-4-13-32(29)33-14-5-6-15-34(33)38/h1-26,44H,(H,47,48). The molecule has 1 aromatic heterocycles. The maximum absolute atomic E-state index is 6.65. The van der Waals surface area contributed by atoms with E-state index < -0.39 is 0 Å². The molecule has 0 saturated heterocycles. The summed E-state index contributed by atoms with van der Waals surface area (Å²) in [6.07, 6.45) is 0. The molecular weight excluding hydrogens is 629 g/mol. The van der Waals surface area contributed by atoms with Crippen LogP contribution < -0.4 is 5.32 Å². The number of hydrogen-bond donors (Lipinski definition) is 1. The van der Waals surface area contributed by atoms with Gasteiger partial charge in [-0.2, -0.15) is 0 Å². The van der Waals surface area contributed by atoms with Crippen molar-refractivity contribution in [1.82, 2.24) is 5.32 Å². The van der Waals surface area contributed by atoms with Crippen molar-refractivity contribution in [3.63, 3.8) is 0 Å². The molecule has 0 fully saturated rings. The van der Waals surface area contributed by atoms with Gasteiger partial charge in [-0.05, 0) is 85.4 Å². The lowest BCUT2D eigenvalue weighted by molar-refractivity contribution is 0.669. The molecule has 9 aromatic rings. The molecule has 0 radical (unpaired) electrons. The van der Waals surface area contributed by atoms with Crippen LogP contribution in [0, 0.1) is 0 Å². The Bertz CT molecular complexity index is 2950. The van der Waals surface area contributed by atoms with Crippen LogP contribution in [-0.2, 0) is 0 Å². The smallest absolute Gasteiger partial charge is 0.136 e. The van der Waals surface area contributed by atoms with Gasteiger partial charge in [0.2, 0.25) is 0 Å². The summed E-state index contributed by atoms with van der Waals surface area (Å²) in [7, 11) is 0. The van der Waals surface area contributed by atoms with E-state index in [1.807, 2.05) is 11.8 Å². The topological polar surface area (TPSA) is 37.5 Å².